The fourth-order valence-electron chi connectivity index (χ4n) is 2.45. The van der Waals surface area contributed by atoms with Gasteiger partial charge in [0.1, 0.15) is 17.5 Å². The molecule has 0 amide bonds. The lowest BCUT2D eigenvalue weighted by Crippen LogP contribution is -2.44. The van der Waals surface area contributed by atoms with Crippen molar-refractivity contribution in [3.05, 3.63) is 35.4 Å². The molecule has 1 aromatic heterocycles. The predicted octanol–water partition coefficient (Wildman–Crippen LogP) is -0.679. The summed E-state index contributed by atoms with van der Waals surface area (Å²) in [4.78, 5) is 50.9. The highest BCUT2D eigenvalue weighted by molar-refractivity contribution is 7.66. The van der Waals surface area contributed by atoms with E-state index in [9.17, 15) is 32.9 Å². The van der Waals surface area contributed by atoms with Gasteiger partial charge in [-0.05, 0) is 6.07 Å². The van der Waals surface area contributed by atoms with Crippen molar-refractivity contribution in [3.63, 3.8) is 0 Å². The standard InChI is InChI=1S/C11H17FN3O13P3/c1-2-11(5-25-30(21,22)28-31(23,24)27-29(18,19)20)8(16)7(12)9(26-11)15-4-3-6(13)14-10(15)17/h2-4,7-9,16H,1,5H2,(H,21,22)(H,23,24)(H2,13,14,17)(H2,18,19,20)/t7-,8-,9?,11+/m0/s1. The summed E-state index contributed by atoms with van der Waals surface area (Å²) >= 11 is 0. The van der Waals surface area contributed by atoms with Gasteiger partial charge in [0.2, 0.25) is 0 Å². The average molecular weight is 511 g/mol. The normalized spacial score (nSPS) is 30.5. The van der Waals surface area contributed by atoms with E-state index in [0.29, 0.717) is 4.57 Å². The molecule has 0 saturated carbocycles. The Hall–Kier alpha value is -1.32. The lowest BCUT2D eigenvalue weighted by atomic mass is 9.97. The summed E-state index contributed by atoms with van der Waals surface area (Å²) in [5.41, 5.74) is 2.00. The number of hydrogen-bond donors (Lipinski definition) is 6. The molecule has 3 unspecified atom stereocenters. The van der Waals surface area contributed by atoms with Gasteiger partial charge >= 0.3 is 29.2 Å². The summed E-state index contributed by atoms with van der Waals surface area (Å²) in [6.45, 7) is 2.06. The second-order valence-electron chi connectivity index (χ2n) is 5.96. The molecule has 176 valence electrons. The van der Waals surface area contributed by atoms with Crippen LogP contribution in [0.1, 0.15) is 6.23 Å². The number of aromatic nitrogens is 2. The van der Waals surface area contributed by atoms with Gasteiger partial charge < -0.3 is 35.2 Å². The summed E-state index contributed by atoms with van der Waals surface area (Å²) in [6, 6.07) is 1.13. The first-order valence-corrected chi connectivity index (χ1v) is 12.3. The first kappa shape index (κ1) is 25.9. The maximum Gasteiger partial charge on any atom is 0.490 e. The number of rotatable bonds is 9. The molecule has 20 heteroatoms. The van der Waals surface area contributed by atoms with Gasteiger partial charge in [-0.15, -0.1) is 6.58 Å². The zero-order valence-corrected chi connectivity index (χ0v) is 17.8. The predicted molar refractivity (Wildman–Crippen MR) is 96.7 cm³/mol. The van der Waals surface area contributed by atoms with E-state index in [-0.39, 0.29) is 5.82 Å². The quantitative estimate of drug-likeness (QED) is 0.177. The van der Waals surface area contributed by atoms with Crippen LogP contribution in [0.15, 0.2) is 29.7 Å². The number of nitrogens with zero attached hydrogens (tertiary/aromatic N) is 2. The van der Waals surface area contributed by atoms with Crippen LogP contribution in [0.25, 0.3) is 0 Å². The van der Waals surface area contributed by atoms with Crippen LogP contribution >= 0.6 is 23.5 Å². The van der Waals surface area contributed by atoms with Crippen molar-refractivity contribution in [1.82, 2.24) is 9.55 Å². The Morgan fingerprint density at radius 3 is 2.42 bits per heavy atom. The molecule has 1 aliphatic rings. The van der Waals surface area contributed by atoms with Crippen molar-refractivity contribution in [1.29, 1.82) is 0 Å². The molecule has 0 bridgehead atoms. The number of alkyl halides is 1. The van der Waals surface area contributed by atoms with Gasteiger partial charge in [-0.25, -0.2) is 22.9 Å². The molecule has 1 aromatic rings. The van der Waals surface area contributed by atoms with Gasteiger partial charge in [0.25, 0.3) is 0 Å². The van der Waals surface area contributed by atoms with Gasteiger partial charge in [0.15, 0.2) is 12.4 Å². The second kappa shape index (κ2) is 8.90. The van der Waals surface area contributed by atoms with Crippen molar-refractivity contribution in [2.45, 2.75) is 24.1 Å². The summed E-state index contributed by atoms with van der Waals surface area (Å²) in [6.07, 6.45) is -4.48. The van der Waals surface area contributed by atoms with E-state index in [0.717, 1.165) is 18.3 Å². The Kier molecular flexibility index (Phi) is 7.45. The van der Waals surface area contributed by atoms with E-state index in [1.54, 1.807) is 0 Å². The van der Waals surface area contributed by atoms with E-state index < -0.39 is 59.9 Å². The topological polar surface area (TPSA) is 250 Å². The molecule has 0 aromatic carbocycles. The third-order valence-corrected chi connectivity index (χ3v) is 7.54. The number of nitrogens with two attached hydrogens (primary N) is 1. The first-order chi connectivity index (χ1) is 14.0. The maximum atomic E-state index is 14.7. The number of anilines is 1. The van der Waals surface area contributed by atoms with Crippen LogP contribution in [0.4, 0.5) is 10.2 Å². The maximum absolute atomic E-state index is 14.7. The van der Waals surface area contributed by atoms with Gasteiger partial charge in [-0.1, -0.05) is 6.08 Å². The molecular formula is C11H17FN3O13P3. The number of phosphoric ester groups is 1. The average Bonchev–Trinajstić information content (AvgIpc) is 2.82. The monoisotopic (exact) mass is 511 g/mol. The molecule has 2 heterocycles. The van der Waals surface area contributed by atoms with Gasteiger partial charge in [-0.3, -0.25) is 9.09 Å². The number of phosphoric acid groups is 3. The van der Waals surface area contributed by atoms with Crippen molar-refractivity contribution < 1.29 is 60.6 Å². The Balaban J connectivity index is 2.21. The second-order valence-corrected chi connectivity index (χ2v) is 10.4. The zero-order chi connectivity index (χ0) is 23.8. The number of hydrogen-bond acceptors (Lipinski definition) is 11. The first-order valence-electron chi connectivity index (χ1n) is 7.77. The minimum Gasteiger partial charge on any atom is -0.386 e. The lowest BCUT2D eigenvalue weighted by Gasteiger charge is -2.28. The number of ether oxygens (including phenoxy) is 1. The zero-order valence-electron chi connectivity index (χ0n) is 15.1. The Bertz CT molecular complexity index is 1050. The highest BCUT2D eigenvalue weighted by atomic mass is 31.3. The SMILES string of the molecule is C=C[C@]1(COP(=O)(O)OP(=O)(O)OP(=O)(O)O)OC(n2ccc(N)nc2=O)[C@@H](F)[C@@H]1O. The van der Waals surface area contributed by atoms with Crippen molar-refractivity contribution in [3.8, 4) is 0 Å². The minimum atomic E-state index is -5.80. The summed E-state index contributed by atoms with van der Waals surface area (Å²) in [7, 11) is -17.0. The van der Waals surface area contributed by atoms with Gasteiger partial charge in [0.05, 0.1) is 6.61 Å². The number of aliphatic hydroxyl groups excluding tert-OH is 1. The van der Waals surface area contributed by atoms with E-state index in [4.69, 9.17) is 25.2 Å². The Labute approximate surface area is 172 Å². The molecule has 16 nitrogen and oxygen atoms in total. The van der Waals surface area contributed by atoms with Crippen molar-refractivity contribution in [2.24, 2.45) is 0 Å². The number of aliphatic hydroxyl groups is 1. The van der Waals surface area contributed by atoms with E-state index >= 15 is 0 Å². The van der Waals surface area contributed by atoms with Crippen LogP contribution in [0.2, 0.25) is 0 Å². The highest BCUT2D eigenvalue weighted by Gasteiger charge is 2.56. The third-order valence-electron chi connectivity index (χ3n) is 3.76. The molecular weight excluding hydrogens is 494 g/mol. The smallest absolute Gasteiger partial charge is 0.386 e. The largest absolute Gasteiger partial charge is 0.490 e. The molecule has 0 radical (unpaired) electrons. The van der Waals surface area contributed by atoms with Crippen LogP contribution in [-0.4, -0.2) is 58.7 Å². The van der Waals surface area contributed by atoms with Crippen LogP contribution in [0.3, 0.4) is 0 Å². The third kappa shape index (κ3) is 6.35. The molecule has 0 spiro atoms. The van der Waals surface area contributed by atoms with Gasteiger partial charge in [-0.2, -0.15) is 13.6 Å². The van der Waals surface area contributed by atoms with Crippen molar-refractivity contribution >= 4 is 29.3 Å². The molecule has 31 heavy (non-hydrogen) atoms. The van der Waals surface area contributed by atoms with E-state index in [1.807, 2.05) is 0 Å². The van der Waals surface area contributed by atoms with Crippen LogP contribution in [0.5, 0.6) is 0 Å². The minimum absolute atomic E-state index is 0.183. The van der Waals surface area contributed by atoms with E-state index in [1.165, 1.54) is 0 Å². The van der Waals surface area contributed by atoms with Gasteiger partial charge in [0, 0.05) is 6.20 Å². The number of nitrogen functional groups attached to an aromatic ring is 1. The Morgan fingerprint density at radius 2 is 1.90 bits per heavy atom. The summed E-state index contributed by atoms with van der Waals surface area (Å²) in [5.74, 6) is -0.183. The molecule has 1 fully saturated rings. The summed E-state index contributed by atoms with van der Waals surface area (Å²) < 4.78 is 65.8. The molecule has 2 rings (SSSR count). The fourth-order valence-corrected chi connectivity index (χ4v) is 5.51. The van der Waals surface area contributed by atoms with Crippen LogP contribution in [0, 0.1) is 0 Å². The summed E-state index contributed by atoms with van der Waals surface area (Å²) in [5, 5.41) is 10.2. The molecule has 7 N–H and O–H groups in total. The van der Waals surface area contributed by atoms with Crippen LogP contribution in [-0.2, 0) is 31.6 Å². The molecule has 0 aliphatic carbocycles. The number of halogens is 1. The molecule has 6 atom stereocenters. The highest BCUT2D eigenvalue weighted by Crippen LogP contribution is 2.66. The molecule has 1 saturated heterocycles. The Morgan fingerprint density at radius 1 is 1.29 bits per heavy atom. The van der Waals surface area contributed by atoms with Crippen LogP contribution < -0.4 is 11.4 Å². The fraction of sp³-hybridized carbons (Fsp3) is 0.455. The molecule has 1 aliphatic heterocycles. The lowest BCUT2D eigenvalue weighted by molar-refractivity contribution is -0.0964. The van der Waals surface area contributed by atoms with E-state index in [2.05, 4.69) is 24.7 Å². The van der Waals surface area contributed by atoms with Crippen molar-refractivity contribution in [2.75, 3.05) is 12.3 Å².